The molecule has 0 saturated carbocycles. The molecule has 3 N–H and O–H groups in total. The van der Waals surface area contributed by atoms with E-state index in [4.69, 9.17) is 11.6 Å². The summed E-state index contributed by atoms with van der Waals surface area (Å²) in [5.41, 5.74) is 2.13. The third-order valence-corrected chi connectivity index (χ3v) is 3.62. The predicted octanol–water partition coefficient (Wildman–Crippen LogP) is 1.38. The maximum atomic E-state index is 9.66. The molecule has 1 saturated heterocycles. The van der Waals surface area contributed by atoms with Crippen LogP contribution in [-0.4, -0.2) is 42.1 Å². The van der Waals surface area contributed by atoms with Gasteiger partial charge in [-0.15, -0.1) is 0 Å². The van der Waals surface area contributed by atoms with Gasteiger partial charge in [0.05, 0.1) is 12.2 Å². The number of aliphatic hydroxyl groups excluding tert-OH is 2. The van der Waals surface area contributed by atoms with E-state index in [1.165, 1.54) is 0 Å². The van der Waals surface area contributed by atoms with Gasteiger partial charge in [-0.25, -0.2) is 0 Å². The summed E-state index contributed by atoms with van der Waals surface area (Å²) in [6.07, 6.45) is -0.268. The van der Waals surface area contributed by atoms with Gasteiger partial charge < -0.3 is 20.4 Å². The minimum Gasteiger partial charge on any atom is -0.389 e. The molecule has 1 aromatic carbocycles. The molecule has 5 heteroatoms. The monoisotopic (exact) mass is 284 g/mol. The molecule has 1 aliphatic heterocycles. The average Bonchev–Trinajstić information content (AvgIpc) is 2.70. The Morgan fingerprint density at radius 1 is 1.32 bits per heavy atom. The summed E-state index contributed by atoms with van der Waals surface area (Å²) in [5.74, 6) is 0. The highest BCUT2D eigenvalue weighted by Gasteiger charge is 2.30. The Kier molecular flexibility index (Phi) is 5.05. The van der Waals surface area contributed by atoms with Crippen LogP contribution in [0.3, 0.4) is 0 Å². The topological polar surface area (TPSA) is 55.7 Å². The van der Waals surface area contributed by atoms with Gasteiger partial charge in [-0.1, -0.05) is 18.5 Å². The van der Waals surface area contributed by atoms with Crippen LogP contribution in [0.2, 0.25) is 5.02 Å². The van der Waals surface area contributed by atoms with E-state index < -0.39 is 12.2 Å². The number of hydrogen-bond acceptors (Lipinski definition) is 4. The fourth-order valence-corrected chi connectivity index (χ4v) is 2.56. The Hall–Kier alpha value is -0.810. The molecule has 1 fully saturated rings. The van der Waals surface area contributed by atoms with E-state index in [9.17, 15) is 10.2 Å². The lowest BCUT2D eigenvalue weighted by Crippen LogP contribution is -2.24. The van der Waals surface area contributed by atoms with E-state index in [0.717, 1.165) is 30.8 Å². The third-order valence-electron chi connectivity index (χ3n) is 3.38. The van der Waals surface area contributed by atoms with Crippen LogP contribution in [0.1, 0.15) is 18.9 Å². The molecule has 2 unspecified atom stereocenters. The van der Waals surface area contributed by atoms with Gasteiger partial charge in [0.2, 0.25) is 0 Å². The number of rotatable bonds is 5. The number of nitrogens with zero attached hydrogens (tertiary/aromatic N) is 1. The number of β-amino-alcohol motifs (C(OH)–C–C–N with tert-alkyl or cyclic N) is 2. The molecular weight excluding hydrogens is 264 g/mol. The summed E-state index contributed by atoms with van der Waals surface area (Å²) in [4.78, 5) is 2.01. The summed E-state index contributed by atoms with van der Waals surface area (Å²) < 4.78 is 0. The van der Waals surface area contributed by atoms with Crippen LogP contribution >= 0.6 is 11.6 Å². The second kappa shape index (κ2) is 6.57. The van der Waals surface area contributed by atoms with E-state index in [0.29, 0.717) is 18.1 Å². The number of halogens is 1. The number of anilines is 1. The number of nitrogens with one attached hydrogen (secondary N) is 1. The number of hydrogen-bond donors (Lipinski definition) is 3. The summed E-state index contributed by atoms with van der Waals surface area (Å²) in [5, 5.41) is 23.4. The molecule has 0 bridgehead atoms. The summed E-state index contributed by atoms with van der Waals surface area (Å²) in [6.45, 7) is 4.75. The third kappa shape index (κ3) is 3.60. The first-order valence-electron chi connectivity index (χ1n) is 6.72. The Bertz CT molecular complexity index is 418. The molecule has 1 aromatic rings. The highest BCUT2D eigenvalue weighted by atomic mass is 35.5. The zero-order valence-corrected chi connectivity index (χ0v) is 11.9. The minimum absolute atomic E-state index is 0.462. The molecule has 4 nitrogen and oxygen atoms in total. The zero-order valence-electron chi connectivity index (χ0n) is 11.1. The first kappa shape index (κ1) is 14.6. The van der Waals surface area contributed by atoms with Gasteiger partial charge in [0, 0.05) is 30.3 Å². The van der Waals surface area contributed by atoms with Gasteiger partial charge in [-0.3, -0.25) is 0 Å². The van der Waals surface area contributed by atoms with Gasteiger partial charge >= 0.3 is 0 Å². The van der Waals surface area contributed by atoms with Crippen molar-refractivity contribution in [1.29, 1.82) is 0 Å². The van der Waals surface area contributed by atoms with Gasteiger partial charge in [0.25, 0.3) is 0 Å². The fraction of sp³-hybridized carbons (Fsp3) is 0.571. The van der Waals surface area contributed by atoms with Crippen molar-refractivity contribution in [3.05, 3.63) is 28.8 Å². The van der Waals surface area contributed by atoms with E-state index >= 15 is 0 Å². The lowest BCUT2D eigenvalue weighted by atomic mass is 10.1. The number of aliphatic hydroxyl groups is 2. The normalized spacial score (nSPS) is 23.1. The molecule has 1 aliphatic rings. The Morgan fingerprint density at radius 3 is 2.63 bits per heavy atom. The smallest absolute Gasteiger partial charge is 0.0990 e. The maximum Gasteiger partial charge on any atom is 0.0990 e. The molecular formula is C14H21ClN2O2. The van der Waals surface area contributed by atoms with Crippen molar-refractivity contribution in [2.75, 3.05) is 24.5 Å². The molecule has 0 aliphatic carbocycles. The SMILES string of the molecule is CCCNCc1cc(Cl)ccc1N1CC(O)C(O)C1. The average molecular weight is 285 g/mol. The zero-order chi connectivity index (χ0) is 13.8. The van der Waals surface area contributed by atoms with Gasteiger partial charge in [0.1, 0.15) is 0 Å². The van der Waals surface area contributed by atoms with Crippen LogP contribution in [0, 0.1) is 0 Å². The molecule has 2 atom stereocenters. The van der Waals surface area contributed by atoms with Crippen molar-refractivity contribution in [3.63, 3.8) is 0 Å². The fourth-order valence-electron chi connectivity index (χ4n) is 2.37. The second-order valence-electron chi connectivity index (χ2n) is 4.99. The molecule has 0 amide bonds. The van der Waals surface area contributed by atoms with Gasteiger partial charge in [-0.2, -0.15) is 0 Å². The lowest BCUT2D eigenvalue weighted by molar-refractivity contribution is 0.0572. The quantitative estimate of drug-likeness (QED) is 0.715. The summed E-state index contributed by atoms with van der Waals surface area (Å²) >= 11 is 6.05. The van der Waals surface area contributed by atoms with Crippen LogP contribution < -0.4 is 10.2 Å². The van der Waals surface area contributed by atoms with E-state index in [1.54, 1.807) is 0 Å². The van der Waals surface area contributed by atoms with E-state index in [1.807, 2.05) is 23.1 Å². The Morgan fingerprint density at radius 2 is 2.00 bits per heavy atom. The van der Waals surface area contributed by atoms with Crippen LogP contribution in [0.15, 0.2) is 18.2 Å². The molecule has 19 heavy (non-hydrogen) atoms. The van der Waals surface area contributed by atoms with Crippen LogP contribution in [0.25, 0.3) is 0 Å². The van der Waals surface area contributed by atoms with Gasteiger partial charge in [0.15, 0.2) is 0 Å². The van der Waals surface area contributed by atoms with E-state index in [-0.39, 0.29) is 0 Å². The molecule has 0 aromatic heterocycles. The maximum absolute atomic E-state index is 9.66. The highest BCUT2D eigenvalue weighted by Crippen LogP contribution is 2.27. The van der Waals surface area contributed by atoms with Crippen molar-refractivity contribution >= 4 is 17.3 Å². The minimum atomic E-state index is -0.674. The largest absolute Gasteiger partial charge is 0.389 e. The Labute approximate surface area is 119 Å². The molecule has 2 rings (SSSR count). The lowest BCUT2D eigenvalue weighted by Gasteiger charge is -2.22. The Balaban J connectivity index is 2.14. The standard InChI is InChI=1S/C14H21ClN2O2/c1-2-5-16-7-10-6-11(15)3-4-12(10)17-8-13(18)14(19)9-17/h3-4,6,13-14,16,18-19H,2,5,7-9H2,1H3. The second-order valence-corrected chi connectivity index (χ2v) is 5.43. The first-order chi connectivity index (χ1) is 9.11. The predicted molar refractivity (Wildman–Crippen MR) is 77.7 cm³/mol. The van der Waals surface area contributed by atoms with Crippen molar-refractivity contribution in [2.24, 2.45) is 0 Å². The van der Waals surface area contributed by atoms with Crippen molar-refractivity contribution in [3.8, 4) is 0 Å². The summed E-state index contributed by atoms with van der Waals surface area (Å²) in [6, 6.07) is 5.74. The molecule has 0 spiro atoms. The van der Waals surface area contributed by atoms with E-state index in [2.05, 4.69) is 12.2 Å². The van der Waals surface area contributed by atoms with Crippen LogP contribution in [0.4, 0.5) is 5.69 Å². The molecule has 1 heterocycles. The van der Waals surface area contributed by atoms with Crippen LogP contribution in [-0.2, 0) is 6.54 Å². The van der Waals surface area contributed by atoms with Crippen LogP contribution in [0.5, 0.6) is 0 Å². The number of benzene rings is 1. The summed E-state index contributed by atoms with van der Waals surface area (Å²) in [7, 11) is 0. The van der Waals surface area contributed by atoms with Crippen molar-refractivity contribution < 1.29 is 10.2 Å². The highest BCUT2D eigenvalue weighted by molar-refractivity contribution is 6.30. The first-order valence-corrected chi connectivity index (χ1v) is 7.10. The van der Waals surface area contributed by atoms with Gasteiger partial charge in [-0.05, 0) is 36.7 Å². The molecule has 0 radical (unpaired) electrons. The van der Waals surface area contributed by atoms with Crippen molar-refractivity contribution in [2.45, 2.75) is 32.1 Å². The molecule has 106 valence electrons. The van der Waals surface area contributed by atoms with Crippen molar-refractivity contribution in [1.82, 2.24) is 5.32 Å².